The summed E-state index contributed by atoms with van der Waals surface area (Å²) in [5.41, 5.74) is -0.106. The standard InChI is InChI=1S/C11H13IN4O2/c12-9-10(13-6-14-11(9)18)15-3-4-16-7(5-15)1-2-8(16)17/h6-7H,1-5H2,(H,13,14,18). The fraction of sp³-hybridized carbons (Fsp3) is 0.545. The van der Waals surface area contributed by atoms with Gasteiger partial charge in [0.05, 0.1) is 6.33 Å². The van der Waals surface area contributed by atoms with Crippen LogP contribution in [-0.4, -0.2) is 46.5 Å². The minimum Gasteiger partial charge on any atom is -0.352 e. The largest absolute Gasteiger partial charge is 0.352 e. The molecule has 18 heavy (non-hydrogen) atoms. The third-order valence-corrected chi connectivity index (χ3v) is 4.54. The van der Waals surface area contributed by atoms with Crippen molar-refractivity contribution in [3.8, 4) is 0 Å². The van der Waals surface area contributed by atoms with Crippen molar-refractivity contribution in [2.24, 2.45) is 0 Å². The summed E-state index contributed by atoms with van der Waals surface area (Å²) >= 11 is 2.02. The lowest BCUT2D eigenvalue weighted by Gasteiger charge is -2.38. The number of piperazine rings is 1. The molecule has 1 N–H and O–H groups in total. The summed E-state index contributed by atoms with van der Waals surface area (Å²) in [7, 11) is 0. The molecule has 1 aromatic heterocycles. The van der Waals surface area contributed by atoms with E-state index in [2.05, 4.69) is 14.9 Å². The van der Waals surface area contributed by atoms with Crippen molar-refractivity contribution in [1.82, 2.24) is 14.9 Å². The predicted molar refractivity (Wildman–Crippen MR) is 74.5 cm³/mol. The number of hydrogen-bond acceptors (Lipinski definition) is 4. The molecule has 2 aliphatic rings. The van der Waals surface area contributed by atoms with Gasteiger partial charge in [0.25, 0.3) is 5.56 Å². The normalized spacial score (nSPS) is 23.4. The second kappa shape index (κ2) is 4.52. The molecule has 2 aliphatic heterocycles. The predicted octanol–water partition coefficient (Wildman–Crippen LogP) is 0.186. The Balaban J connectivity index is 1.85. The number of halogens is 1. The van der Waals surface area contributed by atoms with Crippen LogP contribution in [0, 0.1) is 3.57 Å². The van der Waals surface area contributed by atoms with Crippen LogP contribution in [0.5, 0.6) is 0 Å². The van der Waals surface area contributed by atoms with Crippen molar-refractivity contribution < 1.29 is 4.79 Å². The number of aromatic amines is 1. The van der Waals surface area contributed by atoms with Gasteiger partial charge in [0.2, 0.25) is 5.91 Å². The van der Waals surface area contributed by atoms with Gasteiger partial charge in [0.15, 0.2) is 0 Å². The van der Waals surface area contributed by atoms with Crippen LogP contribution in [0.15, 0.2) is 11.1 Å². The Labute approximate surface area is 118 Å². The Hall–Kier alpha value is -1.12. The van der Waals surface area contributed by atoms with E-state index in [-0.39, 0.29) is 17.5 Å². The van der Waals surface area contributed by atoms with E-state index in [1.54, 1.807) is 0 Å². The molecule has 0 spiro atoms. The monoisotopic (exact) mass is 360 g/mol. The molecule has 1 atom stereocenters. The van der Waals surface area contributed by atoms with E-state index in [0.717, 1.165) is 31.9 Å². The minimum absolute atomic E-state index is 0.106. The number of amides is 1. The summed E-state index contributed by atoms with van der Waals surface area (Å²) in [6.45, 7) is 2.25. The van der Waals surface area contributed by atoms with Crippen LogP contribution < -0.4 is 10.5 Å². The van der Waals surface area contributed by atoms with Crippen molar-refractivity contribution in [2.45, 2.75) is 18.9 Å². The highest BCUT2D eigenvalue weighted by atomic mass is 127. The van der Waals surface area contributed by atoms with Gasteiger partial charge in [0.1, 0.15) is 9.39 Å². The maximum Gasteiger partial charge on any atom is 0.266 e. The topological polar surface area (TPSA) is 69.3 Å². The highest BCUT2D eigenvalue weighted by Gasteiger charge is 2.36. The highest BCUT2D eigenvalue weighted by molar-refractivity contribution is 14.1. The van der Waals surface area contributed by atoms with E-state index in [9.17, 15) is 9.59 Å². The fourth-order valence-electron chi connectivity index (χ4n) is 2.65. The van der Waals surface area contributed by atoms with Crippen LogP contribution >= 0.6 is 22.6 Å². The maximum absolute atomic E-state index is 11.6. The molecule has 1 aromatic rings. The highest BCUT2D eigenvalue weighted by Crippen LogP contribution is 2.26. The third kappa shape index (κ3) is 1.90. The molecule has 3 rings (SSSR count). The van der Waals surface area contributed by atoms with Gasteiger partial charge in [-0.1, -0.05) is 0 Å². The van der Waals surface area contributed by atoms with Gasteiger partial charge in [-0.05, 0) is 29.0 Å². The summed E-state index contributed by atoms with van der Waals surface area (Å²) in [5, 5.41) is 0. The molecule has 0 saturated carbocycles. The number of fused-ring (bicyclic) bond motifs is 1. The molecule has 7 heteroatoms. The number of hydrogen-bond donors (Lipinski definition) is 1. The molecule has 0 radical (unpaired) electrons. The molecular weight excluding hydrogens is 347 g/mol. The molecule has 96 valence electrons. The number of rotatable bonds is 1. The smallest absolute Gasteiger partial charge is 0.266 e. The molecule has 2 saturated heterocycles. The summed E-state index contributed by atoms with van der Waals surface area (Å²) < 4.78 is 0.618. The number of anilines is 1. The van der Waals surface area contributed by atoms with Crippen LogP contribution in [-0.2, 0) is 4.79 Å². The lowest BCUT2D eigenvalue weighted by Crippen LogP contribution is -2.52. The van der Waals surface area contributed by atoms with Crippen molar-refractivity contribution in [1.29, 1.82) is 0 Å². The van der Waals surface area contributed by atoms with Gasteiger partial charge in [-0.2, -0.15) is 0 Å². The van der Waals surface area contributed by atoms with Crippen molar-refractivity contribution in [2.75, 3.05) is 24.5 Å². The Bertz CT molecular complexity index is 544. The first-order chi connectivity index (χ1) is 8.66. The van der Waals surface area contributed by atoms with Crippen LogP contribution in [0.25, 0.3) is 0 Å². The van der Waals surface area contributed by atoms with E-state index in [1.165, 1.54) is 6.33 Å². The van der Waals surface area contributed by atoms with E-state index in [0.29, 0.717) is 9.99 Å². The van der Waals surface area contributed by atoms with E-state index < -0.39 is 0 Å². The Morgan fingerprint density at radius 3 is 3.06 bits per heavy atom. The van der Waals surface area contributed by atoms with Crippen LogP contribution in [0.3, 0.4) is 0 Å². The number of aromatic nitrogens is 2. The molecule has 0 bridgehead atoms. The van der Waals surface area contributed by atoms with Gasteiger partial charge in [-0.3, -0.25) is 9.59 Å². The Morgan fingerprint density at radius 2 is 2.22 bits per heavy atom. The molecule has 6 nitrogen and oxygen atoms in total. The van der Waals surface area contributed by atoms with E-state index in [4.69, 9.17) is 0 Å². The van der Waals surface area contributed by atoms with Gasteiger partial charge >= 0.3 is 0 Å². The number of nitrogens with zero attached hydrogens (tertiary/aromatic N) is 3. The van der Waals surface area contributed by atoms with Gasteiger partial charge in [-0.15, -0.1) is 0 Å². The van der Waals surface area contributed by atoms with Crippen LogP contribution in [0.4, 0.5) is 5.82 Å². The minimum atomic E-state index is -0.106. The first-order valence-electron chi connectivity index (χ1n) is 5.94. The first-order valence-corrected chi connectivity index (χ1v) is 7.02. The maximum atomic E-state index is 11.6. The fourth-order valence-corrected chi connectivity index (χ4v) is 3.29. The van der Waals surface area contributed by atoms with Crippen molar-refractivity contribution >= 4 is 34.3 Å². The van der Waals surface area contributed by atoms with E-state index in [1.807, 2.05) is 27.5 Å². The molecule has 1 amide bonds. The molecule has 1 unspecified atom stereocenters. The molecule has 3 heterocycles. The SMILES string of the molecule is O=C1CCC2CN(c3nc[nH]c(=O)c3I)CCN12. The van der Waals surface area contributed by atoms with Crippen molar-refractivity contribution in [3.05, 3.63) is 20.3 Å². The first kappa shape index (κ1) is 11.9. The summed E-state index contributed by atoms with van der Waals surface area (Å²) in [5.74, 6) is 0.992. The average molecular weight is 360 g/mol. The van der Waals surface area contributed by atoms with Crippen LogP contribution in [0.2, 0.25) is 0 Å². The van der Waals surface area contributed by atoms with Gasteiger partial charge < -0.3 is 14.8 Å². The number of carbonyl (C=O) groups is 1. The second-order valence-corrected chi connectivity index (χ2v) is 5.67. The average Bonchev–Trinajstić information content (AvgIpc) is 2.74. The molecule has 2 fully saturated rings. The Kier molecular flexibility index (Phi) is 3.00. The summed E-state index contributed by atoms with van der Waals surface area (Å²) in [6, 6.07) is 0.281. The van der Waals surface area contributed by atoms with Gasteiger partial charge in [0, 0.05) is 32.1 Å². The Morgan fingerprint density at radius 1 is 1.39 bits per heavy atom. The molecule has 0 aliphatic carbocycles. The molecular formula is C11H13IN4O2. The number of nitrogens with one attached hydrogen (secondary N) is 1. The van der Waals surface area contributed by atoms with Gasteiger partial charge in [-0.25, -0.2) is 4.98 Å². The number of carbonyl (C=O) groups excluding carboxylic acids is 1. The lowest BCUT2D eigenvalue weighted by atomic mass is 10.1. The third-order valence-electron chi connectivity index (χ3n) is 3.57. The molecule has 0 aromatic carbocycles. The summed E-state index contributed by atoms with van der Waals surface area (Å²) in [4.78, 5) is 34.1. The zero-order valence-electron chi connectivity index (χ0n) is 9.73. The zero-order valence-corrected chi connectivity index (χ0v) is 11.9. The second-order valence-electron chi connectivity index (χ2n) is 4.59. The quantitative estimate of drug-likeness (QED) is 0.726. The lowest BCUT2D eigenvalue weighted by molar-refractivity contribution is -0.129. The zero-order chi connectivity index (χ0) is 12.7. The van der Waals surface area contributed by atoms with Crippen LogP contribution in [0.1, 0.15) is 12.8 Å². The van der Waals surface area contributed by atoms with E-state index >= 15 is 0 Å². The summed E-state index contributed by atoms with van der Waals surface area (Å²) in [6.07, 6.45) is 3.00. The van der Waals surface area contributed by atoms with Crippen molar-refractivity contribution in [3.63, 3.8) is 0 Å². The number of H-pyrrole nitrogens is 1.